The lowest BCUT2D eigenvalue weighted by Crippen LogP contribution is -2.37. The Morgan fingerprint density at radius 3 is 2.81 bits per heavy atom. The Morgan fingerprint density at radius 2 is 2.38 bits per heavy atom. The molecule has 0 aromatic carbocycles. The van der Waals surface area contributed by atoms with Crippen LogP contribution in [0.2, 0.25) is 0 Å². The Kier molecular flexibility index (Phi) is 2.71. The van der Waals surface area contributed by atoms with Gasteiger partial charge in [0.15, 0.2) is 0 Å². The summed E-state index contributed by atoms with van der Waals surface area (Å²) in [6.07, 6.45) is 5.57. The van der Waals surface area contributed by atoms with Crippen LogP contribution < -0.4 is 5.73 Å². The van der Waals surface area contributed by atoms with Crippen LogP contribution in [0, 0.1) is 5.41 Å². The second-order valence-corrected chi connectivity index (χ2v) is 4.67. The third-order valence-electron chi connectivity index (χ3n) is 3.22. The van der Waals surface area contributed by atoms with Crippen molar-refractivity contribution in [2.75, 3.05) is 13.6 Å². The fourth-order valence-electron chi connectivity index (χ4n) is 1.96. The number of nitrogens with two attached hydrogens (primary N) is 1. The first-order chi connectivity index (χ1) is 7.57. The van der Waals surface area contributed by atoms with Gasteiger partial charge in [-0.25, -0.2) is 0 Å². The minimum atomic E-state index is -0.253. The number of aryl methyl sites for hydroxylation is 1. The molecule has 1 heterocycles. The Labute approximate surface area is 95.2 Å². The monoisotopic (exact) mass is 222 g/mol. The van der Waals surface area contributed by atoms with Crippen LogP contribution in [0.5, 0.6) is 0 Å². The highest BCUT2D eigenvalue weighted by Crippen LogP contribution is 2.46. The first kappa shape index (κ1) is 11.1. The summed E-state index contributed by atoms with van der Waals surface area (Å²) >= 11 is 0. The number of amides is 1. The number of nitrogens with zero attached hydrogens (tertiary/aromatic N) is 3. The molecule has 1 saturated carbocycles. The predicted octanol–water partition coefficient (Wildman–Crippen LogP) is 0.117. The molecule has 2 rings (SSSR count). The summed E-state index contributed by atoms with van der Waals surface area (Å²) in [6.45, 7) is 1.07. The summed E-state index contributed by atoms with van der Waals surface area (Å²) in [5.74, 6) is 0.166. The smallest absolute Gasteiger partial charge is 0.230 e. The van der Waals surface area contributed by atoms with Crippen molar-refractivity contribution >= 4 is 5.91 Å². The first-order valence-electron chi connectivity index (χ1n) is 5.50. The molecular formula is C11H18N4O. The molecule has 2 N–H and O–H groups in total. The van der Waals surface area contributed by atoms with Gasteiger partial charge in [-0.2, -0.15) is 5.10 Å². The standard InChI is InChI=1S/C11H18N4O/c1-14(6-9-5-13-15(2)7-9)10(16)11(8-12)3-4-11/h5,7H,3-4,6,8,12H2,1-2H3. The molecule has 16 heavy (non-hydrogen) atoms. The highest BCUT2D eigenvalue weighted by molar-refractivity contribution is 5.85. The molecule has 1 aliphatic carbocycles. The van der Waals surface area contributed by atoms with Crippen molar-refractivity contribution in [1.29, 1.82) is 0 Å². The van der Waals surface area contributed by atoms with Crippen molar-refractivity contribution in [2.24, 2.45) is 18.2 Å². The zero-order chi connectivity index (χ0) is 11.8. The minimum Gasteiger partial charge on any atom is -0.341 e. The zero-order valence-electron chi connectivity index (χ0n) is 9.81. The van der Waals surface area contributed by atoms with Crippen LogP contribution in [0.4, 0.5) is 0 Å². The summed E-state index contributed by atoms with van der Waals surface area (Å²) in [6, 6.07) is 0. The molecule has 5 heteroatoms. The summed E-state index contributed by atoms with van der Waals surface area (Å²) in [5, 5.41) is 4.08. The molecule has 88 valence electrons. The van der Waals surface area contributed by atoms with E-state index in [-0.39, 0.29) is 11.3 Å². The predicted molar refractivity (Wildman–Crippen MR) is 60.4 cm³/mol. The van der Waals surface area contributed by atoms with Gasteiger partial charge in [-0.15, -0.1) is 0 Å². The van der Waals surface area contributed by atoms with Crippen molar-refractivity contribution in [3.63, 3.8) is 0 Å². The van der Waals surface area contributed by atoms with E-state index in [0.29, 0.717) is 13.1 Å². The number of rotatable bonds is 4. The van der Waals surface area contributed by atoms with Gasteiger partial charge in [0.25, 0.3) is 0 Å². The zero-order valence-corrected chi connectivity index (χ0v) is 9.81. The summed E-state index contributed by atoms with van der Waals surface area (Å²) < 4.78 is 1.74. The highest BCUT2D eigenvalue weighted by atomic mass is 16.2. The van der Waals surface area contributed by atoms with E-state index in [1.807, 2.05) is 20.3 Å². The lowest BCUT2D eigenvalue weighted by atomic mass is 10.1. The fraction of sp³-hybridized carbons (Fsp3) is 0.636. The van der Waals surface area contributed by atoms with Crippen LogP contribution in [0.15, 0.2) is 12.4 Å². The molecule has 0 spiro atoms. The third-order valence-corrected chi connectivity index (χ3v) is 3.22. The number of hydrogen-bond donors (Lipinski definition) is 1. The van der Waals surface area contributed by atoms with E-state index in [9.17, 15) is 4.79 Å². The van der Waals surface area contributed by atoms with Crippen LogP contribution in [0.1, 0.15) is 18.4 Å². The number of aromatic nitrogens is 2. The van der Waals surface area contributed by atoms with E-state index < -0.39 is 0 Å². The average molecular weight is 222 g/mol. The van der Waals surface area contributed by atoms with Gasteiger partial charge in [-0.1, -0.05) is 0 Å². The van der Waals surface area contributed by atoms with Gasteiger partial charge >= 0.3 is 0 Å². The molecule has 0 unspecified atom stereocenters. The van der Waals surface area contributed by atoms with E-state index in [2.05, 4.69) is 5.10 Å². The molecule has 1 aromatic rings. The van der Waals surface area contributed by atoms with Crippen LogP contribution >= 0.6 is 0 Å². The maximum absolute atomic E-state index is 12.1. The van der Waals surface area contributed by atoms with Crippen LogP contribution in [-0.4, -0.2) is 34.2 Å². The second-order valence-electron chi connectivity index (χ2n) is 4.67. The molecule has 1 aromatic heterocycles. The molecule has 0 saturated heterocycles. The van der Waals surface area contributed by atoms with Gasteiger partial charge in [0.1, 0.15) is 0 Å². The summed E-state index contributed by atoms with van der Waals surface area (Å²) in [7, 11) is 3.69. The average Bonchev–Trinajstić information content (AvgIpc) is 2.97. The van der Waals surface area contributed by atoms with E-state index >= 15 is 0 Å². The lowest BCUT2D eigenvalue weighted by Gasteiger charge is -2.21. The summed E-state index contributed by atoms with van der Waals surface area (Å²) in [5.41, 5.74) is 6.44. The number of carbonyl (C=O) groups excluding carboxylic acids is 1. The van der Waals surface area contributed by atoms with Gasteiger partial charge in [0, 0.05) is 38.9 Å². The molecule has 0 aliphatic heterocycles. The van der Waals surface area contributed by atoms with Crippen molar-refractivity contribution in [3.05, 3.63) is 18.0 Å². The Balaban J connectivity index is 1.98. The van der Waals surface area contributed by atoms with Crippen molar-refractivity contribution in [2.45, 2.75) is 19.4 Å². The lowest BCUT2D eigenvalue weighted by molar-refractivity contribution is -0.135. The van der Waals surface area contributed by atoms with Crippen LogP contribution in [0.25, 0.3) is 0 Å². The highest BCUT2D eigenvalue weighted by Gasteiger charge is 2.49. The first-order valence-corrected chi connectivity index (χ1v) is 5.50. The third kappa shape index (κ3) is 1.95. The Hall–Kier alpha value is -1.36. The van der Waals surface area contributed by atoms with Crippen molar-refractivity contribution < 1.29 is 4.79 Å². The largest absolute Gasteiger partial charge is 0.341 e. The van der Waals surface area contributed by atoms with Crippen molar-refractivity contribution in [3.8, 4) is 0 Å². The second kappa shape index (κ2) is 3.90. The topological polar surface area (TPSA) is 64.2 Å². The van der Waals surface area contributed by atoms with Gasteiger partial charge in [0.05, 0.1) is 11.6 Å². The van der Waals surface area contributed by atoms with Crippen LogP contribution in [0.3, 0.4) is 0 Å². The molecular weight excluding hydrogens is 204 g/mol. The van der Waals surface area contributed by atoms with Gasteiger partial charge in [0.2, 0.25) is 5.91 Å². The quantitative estimate of drug-likeness (QED) is 0.787. The van der Waals surface area contributed by atoms with Crippen LogP contribution in [-0.2, 0) is 18.4 Å². The van der Waals surface area contributed by atoms with Gasteiger partial charge < -0.3 is 10.6 Å². The normalized spacial score (nSPS) is 17.2. The maximum atomic E-state index is 12.1. The maximum Gasteiger partial charge on any atom is 0.230 e. The van der Waals surface area contributed by atoms with E-state index in [0.717, 1.165) is 18.4 Å². The SMILES string of the molecule is CN(Cc1cnn(C)c1)C(=O)C1(CN)CC1. The fourth-order valence-corrected chi connectivity index (χ4v) is 1.96. The van der Waals surface area contributed by atoms with E-state index in [4.69, 9.17) is 5.73 Å². The van der Waals surface area contributed by atoms with Gasteiger partial charge in [-0.05, 0) is 12.8 Å². The molecule has 1 fully saturated rings. The molecule has 5 nitrogen and oxygen atoms in total. The Morgan fingerprint density at radius 1 is 1.69 bits per heavy atom. The van der Waals surface area contributed by atoms with Gasteiger partial charge in [-0.3, -0.25) is 9.48 Å². The number of hydrogen-bond acceptors (Lipinski definition) is 3. The molecule has 1 aliphatic rings. The molecule has 0 atom stereocenters. The van der Waals surface area contributed by atoms with Crippen molar-refractivity contribution in [1.82, 2.24) is 14.7 Å². The number of carbonyl (C=O) groups is 1. The molecule has 0 bridgehead atoms. The molecule has 1 amide bonds. The Bertz CT molecular complexity index is 394. The van der Waals surface area contributed by atoms with E-state index in [1.54, 1.807) is 15.8 Å². The minimum absolute atomic E-state index is 0.166. The molecule has 0 radical (unpaired) electrons. The van der Waals surface area contributed by atoms with E-state index in [1.165, 1.54) is 0 Å². The summed E-state index contributed by atoms with van der Waals surface area (Å²) in [4.78, 5) is 13.8.